The molecule has 0 aliphatic carbocycles. The number of rotatable bonds is 4. The van der Waals surface area contributed by atoms with Crippen molar-refractivity contribution in [1.82, 2.24) is 9.97 Å². The molecule has 0 aliphatic rings. The predicted molar refractivity (Wildman–Crippen MR) is 101 cm³/mol. The van der Waals surface area contributed by atoms with Crippen LogP contribution in [0.2, 0.25) is 10.0 Å². The van der Waals surface area contributed by atoms with Crippen molar-refractivity contribution >= 4 is 46.4 Å². The highest BCUT2D eigenvalue weighted by Gasteiger charge is 2.09. The summed E-state index contributed by atoms with van der Waals surface area (Å²) in [5.74, 6) is 0.0345. The van der Waals surface area contributed by atoms with E-state index in [0.29, 0.717) is 32.9 Å². The van der Waals surface area contributed by atoms with Crippen molar-refractivity contribution in [3.63, 3.8) is 0 Å². The van der Waals surface area contributed by atoms with Crippen molar-refractivity contribution < 1.29 is 4.79 Å². The number of hydrogen-bond donors (Lipinski definition) is 2. The molecule has 0 unspecified atom stereocenters. The highest BCUT2D eigenvalue weighted by molar-refractivity contribution is 6.35. The lowest BCUT2D eigenvalue weighted by Gasteiger charge is -2.08. The summed E-state index contributed by atoms with van der Waals surface area (Å²) in [5.41, 5.74) is 2.77. The first kappa shape index (κ1) is 17.2. The second kappa shape index (κ2) is 7.51. The molecule has 2 N–H and O–H groups in total. The van der Waals surface area contributed by atoms with Gasteiger partial charge >= 0.3 is 0 Å². The highest BCUT2D eigenvalue weighted by Crippen LogP contribution is 2.27. The van der Waals surface area contributed by atoms with E-state index in [0.717, 1.165) is 5.56 Å². The number of halogens is 2. The van der Waals surface area contributed by atoms with E-state index < -0.39 is 0 Å². The Hall–Kier alpha value is -2.63. The summed E-state index contributed by atoms with van der Waals surface area (Å²) in [6, 6.07) is 12.6. The molecule has 0 bridgehead atoms. The Morgan fingerprint density at radius 2 is 1.68 bits per heavy atom. The van der Waals surface area contributed by atoms with Crippen LogP contribution in [0.15, 0.2) is 54.9 Å². The van der Waals surface area contributed by atoms with Crippen LogP contribution in [-0.4, -0.2) is 15.9 Å². The van der Waals surface area contributed by atoms with E-state index in [4.69, 9.17) is 23.2 Å². The second-order valence-electron chi connectivity index (χ2n) is 5.36. The smallest absolute Gasteiger partial charge is 0.258 e. The zero-order valence-electron chi connectivity index (χ0n) is 13.3. The molecule has 0 saturated heterocycles. The lowest BCUT2D eigenvalue weighted by molar-refractivity contribution is 0.102. The lowest BCUT2D eigenvalue weighted by atomic mass is 10.2. The van der Waals surface area contributed by atoms with Gasteiger partial charge in [0.2, 0.25) is 5.95 Å². The van der Waals surface area contributed by atoms with Gasteiger partial charge in [0.1, 0.15) is 0 Å². The third-order valence-corrected chi connectivity index (χ3v) is 3.96. The molecule has 0 radical (unpaired) electrons. The number of anilines is 3. The van der Waals surface area contributed by atoms with Gasteiger partial charge in [0.05, 0.1) is 16.3 Å². The van der Waals surface area contributed by atoms with E-state index in [1.165, 1.54) is 12.4 Å². The van der Waals surface area contributed by atoms with E-state index in [-0.39, 0.29) is 5.91 Å². The Kier molecular flexibility index (Phi) is 5.16. The molecule has 1 heterocycles. The first-order valence-corrected chi connectivity index (χ1v) is 8.19. The molecule has 1 aromatic heterocycles. The van der Waals surface area contributed by atoms with E-state index in [2.05, 4.69) is 20.6 Å². The molecule has 126 valence electrons. The van der Waals surface area contributed by atoms with Crippen LogP contribution in [0.4, 0.5) is 17.3 Å². The van der Waals surface area contributed by atoms with E-state index in [9.17, 15) is 4.79 Å². The number of hydrogen-bond acceptors (Lipinski definition) is 4. The Balaban J connectivity index is 1.70. The van der Waals surface area contributed by atoms with Crippen LogP contribution in [-0.2, 0) is 0 Å². The molecular formula is C18H14Cl2N4O. The summed E-state index contributed by atoms with van der Waals surface area (Å²) in [5, 5.41) is 6.80. The maximum Gasteiger partial charge on any atom is 0.258 e. The van der Waals surface area contributed by atoms with Gasteiger partial charge in [-0.05, 0) is 37.3 Å². The second-order valence-corrected chi connectivity index (χ2v) is 6.21. The molecule has 3 rings (SSSR count). The number of benzene rings is 2. The zero-order chi connectivity index (χ0) is 17.8. The number of carbonyl (C=O) groups excluding carboxylic acids is 1. The van der Waals surface area contributed by atoms with Gasteiger partial charge in [-0.25, -0.2) is 9.97 Å². The Bertz CT molecular complexity index is 896. The van der Waals surface area contributed by atoms with Crippen molar-refractivity contribution in [1.29, 1.82) is 0 Å². The molecule has 0 aliphatic heterocycles. The quantitative estimate of drug-likeness (QED) is 0.669. The topological polar surface area (TPSA) is 66.9 Å². The fourth-order valence-corrected chi connectivity index (χ4v) is 2.40. The Morgan fingerprint density at radius 1 is 1.00 bits per heavy atom. The third-order valence-electron chi connectivity index (χ3n) is 3.40. The highest BCUT2D eigenvalue weighted by atomic mass is 35.5. The van der Waals surface area contributed by atoms with Gasteiger partial charge in [0.25, 0.3) is 5.91 Å². The summed E-state index contributed by atoms with van der Waals surface area (Å²) in [6.45, 7) is 1.98. The van der Waals surface area contributed by atoms with Gasteiger partial charge in [-0.3, -0.25) is 4.79 Å². The van der Waals surface area contributed by atoms with Crippen LogP contribution in [0.25, 0.3) is 0 Å². The van der Waals surface area contributed by atoms with Gasteiger partial charge in [-0.2, -0.15) is 0 Å². The SMILES string of the molecule is Cc1ccc(NC(=O)c2cnc(Nc3cc(Cl)ccc3Cl)nc2)cc1. The summed E-state index contributed by atoms with van der Waals surface area (Å²) >= 11 is 12.0. The van der Waals surface area contributed by atoms with Gasteiger partial charge in [0.15, 0.2) is 0 Å². The van der Waals surface area contributed by atoms with Gasteiger partial charge in [-0.1, -0.05) is 40.9 Å². The minimum absolute atomic E-state index is 0.281. The molecule has 0 spiro atoms. The molecule has 25 heavy (non-hydrogen) atoms. The predicted octanol–water partition coefficient (Wildman–Crippen LogP) is 5.09. The fraction of sp³-hybridized carbons (Fsp3) is 0.0556. The van der Waals surface area contributed by atoms with Crippen molar-refractivity contribution in [2.75, 3.05) is 10.6 Å². The number of nitrogens with zero attached hydrogens (tertiary/aromatic N) is 2. The van der Waals surface area contributed by atoms with E-state index in [1.54, 1.807) is 18.2 Å². The molecule has 3 aromatic rings. The molecular weight excluding hydrogens is 359 g/mol. The standard InChI is InChI=1S/C18H14Cl2N4O/c1-11-2-5-14(6-3-11)23-17(25)12-9-21-18(22-10-12)24-16-8-13(19)4-7-15(16)20/h2-10H,1H3,(H,23,25)(H,21,22,24). The Morgan fingerprint density at radius 3 is 2.36 bits per heavy atom. The van der Waals surface area contributed by atoms with E-state index in [1.807, 2.05) is 31.2 Å². The number of nitrogens with one attached hydrogen (secondary N) is 2. The van der Waals surface area contributed by atoms with E-state index >= 15 is 0 Å². The third kappa shape index (κ3) is 4.47. The average molecular weight is 373 g/mol. The molecule has 5 nitrogen and oxygen atoms in total. The van der Waals surface area contributed by atoms with Crippen molar-refractivity contribution in [3.8, 4) is 0 Å². The maximum atomic E-state index is 12.2. The summed E-state index contributed by atoms with van der Waals surface area (Å²) in [4.78, 5) is 20.5. The minimum atomic E-state index is -0.281. The molecule has 0 atom stereocenters. The summed E-state index contributed by atoms with van der Waals surface area (Å²) in [7, 11) is 0. The maximum absolute atomic E-state index is 12.2. The number of aryl methyl sites for hydroxylation is 1. The van der Waals surface area contributed by atoms with Crippen LogP contribution >= 0.6 is 23.2 Å². The zero-order valence-corrected chi connectivity index (χ0v) is 14.8. The first-order valence-electron chi connectivity index (χ1n) is 7.43. The van der Waals surface area contributed by atoms with Crippen LogP contribution in [0.3, 0.4) is 0 Å². The fourth-order valence-electron chi connectivity index (χ4n) is 2.06. The number of carbonyl (C=O) groups is 1. The number of aromatic nitrogens is 2. The van der Waals surface area contributed by atoms with Crippen LogP contribution in [0.1, 0.15) is 15.9 Å². The molecule has 0 saturated carbocycles. The van der Waals surface area contributed by atoms with Crippen LogP contribution in [0.5, 0.6) is 0 Å². The van der Waals surface area contributed by atoms with Crippen LogP contribution < -0.4 is 10.6 Å². The summed E-state index contributed by atoms with van der Waals surface area (Å²) < 4.78 is 0. The molecule has 2 aromatic carbocycles. The summed E-state index contributed by atoms with van der Waals surface area (Å²) in [6.07, 6.45) is 2.88. The number of amides is 1. The van der Waals surface area contributed by atoms with Gasteiger partial charge in [-0.15, -0.1) is 0 Å². The van der Waals surface area contributed by atoms with Crippen LogP contribution in [0, 0.1) is 6.92 Å². The monoisotopic (exact) mass is 372 g/mol. The van der Waals surface area contributed by atoms with Gasteiger partial charge in [0, 0.05) is 23.1 Å². The molecule has 1 amide bonds. The van der Waals surface area contributed by atoms with Crippen molar-refractivity contribution in [3.05, 3.63) is 76.0 Å². The van der Waals surface area contributed by atoms with Crippen molar-refractivity contribution in [2.24, 2.45) is 0 Å². The molecule has 7 heteroatoms. The minimum Gasteiger partial charge on any atom is -0.323 e. The average Bonchev–Trinajstić information content (AvgIpc) is 2.61. The first-order chi connectivity index (χ1) is 12.0. The van der Waals surface area contributed by atoms with Gasteiger partial charge < -0.3 is 10.6 Å². The largest absolute Gasteiger partial charge is 0.323 e. The molecule has 0 fully saturated rings. The Labute approximate surface area is 155 Å². The van der Waals surface area contributed by atoms with Crippen molar-refractivity contribution in [2.45, 2.75) is 6.92 Å². The lowest BCUT2D eigenvalue weighted by Crippen LogP contribution is -2.13. The normalized spacial score (nSPS) is 10.4.